The second-order valence-corrected chi connectivity index (χ2v) is 16.6. The molecule has 1 atom stereocenters. The van der Waals surface area contributed by atoms with Crippen LogP contribution in [-0.2, 0) is 20.6 Å². The average molecular weight is 872 g/mol. The van der Waals surface area contributed by atoms with Gasteiger partial charge in [0.2, 0.25) is 11.8 Å². The number of thiocarbonyl (C=S) groups is 1. The molecule has 3 aromatic rings. The summed E-state index contributed by atoms with van der Waals surface area (Å²) in [5.74, 6) is -4.16. The summed E-state index contributed by atoms with van der Waals surface area (Å²) in [6, 6.07) is 10.2. The van der Waals surface area contributed by atoms with E-state index in [9.17, 15) is 47.2 Å². The van der Waals surface area contributed by atoms with Crippen LogP contribution in [0.5, 0.6) is 0 Å². The quantitative estimate of drug-likeness (QED) is 0.215. The first-order valence-corrected chi connectivity index (χ1v) is 20.6. The van der Waals surface area contributed by atoms with Crippen LogP contribution < -0.4 is 20.0 Å². The molecule has 9 rings (SSSR count). The number of nitrogens with one attached hydrogen (secondary N) is 1. The SMILES string of the molecule is N#Cc1ncc(N2C(=O)C3(CCC3)N(c3ccc(C(=O)N4CCN(C5CCN(c6ccc7c(c6)C(=O)N(C6CCC(=O)NC6=O)C7=O)CC5)CC4)c(F)c3)C2=S)cc1C(F)(F)F. The van der Waals surface area contributed by atoms with Gasteiger partial charge in [-0.05, 0) is 93.2 Å². The molecule has 1 saturated carbocycles. The van der Waals surface area contributed by atoms with Gasteiger partial charge < -0.3 is 14.7 Å². The fraction of sp³-hybridized carbons (Fsp3) is 0.405. The van der Waals surface area contributed by atoms with Gasteiger partial charge in [-0.15, -0.1) is 0 Å². The Kier molecular flexibility index (Phi) is 10.1. The highest BCUT2D eigenvalue weighted by molar-refractivity contribution is 7.81. The molecule has 1 aliphatic carbocycles. The highest BCUT2D eigenvalue weighted by Gasteiger charge is 2.60. The Balaban J connectivity index is 0.819. The predicted octanol–water partition coefficient (Wildman–Crippen LogP) is 4.00. The van der Waals surface area contributed by atoms with Crippen molar-refractivity contribution in [3.63, 3.8) is 0 Å². The van der Waals surface area contributed by atoms with Gasteiger partial charge in [-0.25, -0.2) is 9.37 Å². The Hall–Kier alpha value is -6.33. The van der Waals surface area contributed by atoms with Gasteiger partial charge >= 0.3 is 6.18 Å². The van der Waals surface area contributed by atoms with Crippen molar-refractivity contribution in [3.05, 3.63) is 82.4 Å². The van der Waals surface area contributed by atoms with Crippen LogP contribution in [0.15, 0.2) is 48.7 Å². The molecule has 20 heteroatoms. The highest BCUT2D eigenvalue weighted by Crippen LogP contribution is 2.48. The van der Waals surface area contributed by atoms with Gasteiger partial charge in [0, 0.05) is 63.1 Å². The number of hydrogen-bond acceptors (Lipinski definition) is 11. The molecular formula is C42H37F4N9O6S. The van der Waals surface area contributed by atoms with Crippen LogP contribution in [-0.4, -0.2) is 117 Å². The van der Waals surface area contributed by atoms with Crippen molar-refractivity contribution in [2.45, 2.75) is 68.7 Å². The molecule has 2 aromatic carbocycles. The first-order chi connectivity index (χ1) is 29.6. The Morgan fingerprint density at radius 3 is 2.19 bits per heavy atom. The number of alkyl halides is 3. The minimum Gasteiger partial charge on any atom is -0.371 e. The monoisotopic (exact) mass is 871 g/mol. The standard InChI is InChI=1S/C42H37F4N9O6S/c43-31-20-25(55-40(62)53(39(61)41(55)10-1-11-41)26-19-30(42(44,45)46)32(21-47)48-22-26)3-5-28(31)36(58)52-16-14-51(15-17-52)23-8-12-50(13-9-23)24-2-4-27-29(18-24)38(60)54(37(27)59)33-6-7-34(56)49-35(33)57/h2-5,18-20,22-23,33H,1,6-17H2,(H,49,56,57). The zero-order valence-corrected chi connectivity index (χ0v) is 33.7. The number of piperazine rings is 1. The topological polar surface area (TPSA) is 171 Å². The summed E-state index contributed by atoms with van der Waals surface area (Å²) in [6.45, 7) is 3.17. The lowest BCUT2D eigenvalue weighted by Gasteiger charge is -2.43. The van der Waals surface area contributed by atoms with E-state index < -0.39 is 70.3 Å². The maximum absolute atomic E-state index is 15.9. The first-order valence-electron chi connectivity index (χ1n) is 20.2. The van der Waals surface area contributed by atoms with E-state index in [0.717, 1.165) is 40.6 Å². The maximum atomic E-state index is 15.9. The van der Waals surface area contributed by atoms with E-state index in [1.165, 1.54) is 23.1 Å². The number of halogens is 4. The molecule has 6 aliphatic rings. The second-order valence-electron chi connectivity index (χ2n) is 16.2. The predicted molar refractivity (Wildman–Crippen MR) is 215 cm³/mol. The van der Waals surface area contributed by atoms with Gasteiger partial charge in [-0.1, -0.05) is 0 Å². The molecule has 320 valence electrons. The van der Waals surface area contributed by atoms with Crippen LogP contribution in [0, 0.1) is 17.1 Å². The van der Waals surface area contributed by atoms with Crippen molar-refractivity contribution in [3.8, 4) is 6.07 Å². The third-order valence-corrected chi connectivity index (χ3v) is 13.3. The number of aromatic nitrogens is 1. The number of hydrogen-bond donors (Lipinski definition) is 1. The molecule has 62 heavy (non-hydrogen) atoms. The van der Waals surface area contributed by atoms with Crippen molar-refractivity contribution in [2.24, 2.45) is 0 Å². The molecule has 6 heterocycles. The molecule has 1 spiro atoms. The lowest BCUT2D eigenvalue weighted by Crippen LogP contribution is -2.55. The molecule has 15 nitrogen and oxygen atoms in total. The van der Waals surface area contributed by atoms with E-state index in [4.69, 9.17) is 12.2 Å². The number of fused-ring (bicyclic) bond motifs is 1. The largest absolute Gasteiger partial charge is 0.419 e. The normalized spacial score (nSPS) is 22.0. The van der Waals surface area contributed by atoms with Gasteiger partial charge in [0.25, 0.3) is 23.6 Å². The van der Waals surface area contributed by atoms with Gasteiger partial charge in [-0.3, -0.25) is 48.8 Å². The maximum Gasteiger partial charge on any atom is 0.419 e. The molecule has 6 amide bonds. The van der Waals surface area contributed by atoms with Crippen LogP contribution in [0.25, 0.3) is 0 Å². The summed E-state index contributed by atoms with van der Waals surface area (Å²) in [5, 5.41) is 11.2. The summed E-state index contributed by atoms with van der Waals surface area (Å²) >= 11 is 5.64. The molecular weight excluding hydrogens is 835 g/mol. The number of amides is 6. The van der Waals surface area contributed by atoms with Gasteiger partial charge in [0.1, 0.15) is 23.5 Å². The number of piperidine rings is 2. The second kappa shape index (κ2) is 15.2. The molecule has 4 saturated heterocycles. The van der Waals surface area contributed by atoms with Gasteiger partial charge in [0.15, 0.2) is 10.8 Å². The van der Waals surface area contributed by atoms with Crippen LogP contribution in [0.4, 0.5) is 34.6 Å². The summed E-state index contributed by atoms with van der Waals surface area (Å²) in [6.07, 6.45) is -0.994. The van der Waals surface area contributed by atoms with E-state index >= 15 is 4.39 Å². The number of pyridine rings is 1. The molecule has 0 bridgehead atoms. The van der Waals surface area contributed by atoms with E-state index in [2.05, 4.69) is 20.1 Å². The lowest BCUT2D eigenvalue weighted by atomic mass is 9.75. The number of carbonyl (C=O) groups excluding carboxylic acids is 6. The summed E-state index contributed by atoms with van der Waals surface area (Å²) < 4.78 is 57.3. The zero-order valence-electron chi connectivity index (χ0n) is 32.9. The molecule has 1 unspecified atom stereocenters. The molecule has 1 aromatic heterocycles. The lowest BCUT2D eigenvalue weighted by molar-refractivity contribution is -0.138. The Morgan fingerprint density at radius 1 is 0.871 bits per heavy atom. The Morgan fingerprint density at radius 2 is 1.56 bits per heavy atom. The van der Waals surface area contributed by atoms with Crippen molar-refractivity contribution in [1.82, 2.24) is 25.0 Å². The zero-order chi connectivity index (χ0) is 43.8. The van der Waals surface area contributed by atoms with E-state index in [-0.39, 0.29) is 52.1 Å². The fourth-order valence-electron chi connectivity index (χ4n) is 9.51. The number of anilines is 3. The third kappa shape index (κ3) is 6.65. The number of benzene rings is 2. The van der Waals surface area contributed by atoms with E-state index in [1.54, 1.807) is 23.1 Å². The minimum atomic E-state index is -4.92. The number of rotatable bonds is 6. The van der Waals surface area contributed by atoms with Gasteiger partial charge in [0.05, 0.1) is 34.1 Å². The number of carbonyl (C=O) groups is 6. The highest BCUT2D eigenvalue weighted by atomic mass is 32.1. The fourth-order valence-corrected chi connectivity index (χ4v) is 9.98. The molecule has 0 radical (unpaired) electrons. The summed E-state index contributed by atoms with van der Waals surface area (Å²) in [7, 11) is 0. The Labute approximate surface area is 356 Å². The third-order valence-electron chi connectivity index (χ3n) is 12.9. The van der Waals surface area contributed by atoms with E-state index in [0.29, 0.717) is 64.6 Å². The van der Waals surface area contributed by atoms with Crippen molar-refractivity contribution in [1.29, 1.82) is 5.26 Å². The van der Waals surface area contributed by atoms with Crippen molar-refractivity contribution >= 4 is 69.8 Å². The van der Waals surface area contributed by atoms with Crippen LogP contribution in [0.2, 0.25) is 0 Å². The first kappa shape index (κ1) is 41.0. The van der Waals surface area contributed by atoms with E-state index in [1.807, 2.05) is 0 Å². The molecule has 1 N–H and O–H groups in total. The summed E-state index contributed by atoms with van der Waals surface area (Å²) in [4.78, 5) is 91.1. The van der Waals surface area contributed by atoms with Crippen LogP contribution in [0.1, 0.15) is 87.3 Å². The molecule has 5 aliphatic heterocycles. The minimum absolute atomic E-state index is 0.0371. The number of nitrogens with zero attached hydrogens (tertiary/aromatic N) is 8. The number of imide groups is 2. The molecule has 5 fully saturated rings. The van der Waals surface area contributed by atoms with Crippen molar-refractivity contribution in [2.75, 3.05) is 54.0 Å². The summed E-state index contributed by atoms with van der Waals surface area (Å²) in [5.41, 5.74) is -2.48. The van der Waals surface area contributed by atoms with Crippen molar-refractivity contribution < 1.29 is 46.3 Å². The average Bonchev–Trinajstić information content (AvgIpc) is 3.64. The smallest absolute Gasteiger partial charge is 0.371 e. The van der Waals surface area contributed by atoms with Crippen LogP contribution in [0.3, 0.4) is 0 Å². The van der Waals surface area contributed by atoms with Crippen LogP contribution >= 0.6 is 12.2 Å². The number of nitriles is 1. The van der Waals surface area contributed by atoms with Gasteiger partial charge in [-0.2, -0.15) is 18.4 Å². The Bertz CT molecular complexity index is 2530.